The van der Waals surface area contributed by atoms with Gasteiger partial charge < -0.3 is 9.84 Å². The Morgan fingerprint density at radius 2 is 1.69 bits per heavy atom. The number of pyridine rings is 1. The molecule has 1 aliphatic rings. The lowest BCUT2D eigenvalue weighted by Crippen LogP contribution is -2.00. The first-order valence-electron chi connectivity index (χ1n) is 12.2. The third-order valence-electron chi connectivity index (χ3n) is 6.59. The van der Waals surface area contributed by atoms with Crippen molar-refractivity contribution in [3.05, 3.63) is 136 Å². The van der Waals surface area contributed by atoms with Gasteiger partial charge in [-0.2, -0.15) is 0 Å². The smallest absolute Gasteiger partial charge is 0.335 e. The van der Waals surface area contributed by atoms with Crippen LogP contribution in [-0.2, 0) is 6.61 Å². The number of halogens is 2. The minimum atomic E-state index is -0.959. The van der Waals surface area contributed by atoms with E-state index in [2.05, 4.69) is 23.2 Å². The van der Waals surface area contributed by atoms with E-state index in [4.69, 9.17) is 4.74 Å². The molecule has 0 saturated carbocycles. The molecule has 0 amide bonds. The van der Waals surface area contributed by atoms with Crippen LogP contribution in [0.15, 0.2) is 95.9 Å². The third kappa shape index (κ3) is 5.13. The number of thioether (sulfide) groups is 1. The summed E-state index contributed by atoms with van der Waals surface area (Å²) in [7, 11) is 0. The van der Waals surface area contributed by atoms with E-state index in [1.165, 1.54) is 0 Å². The molecule has 4 aromatic carbocycles. The van der Waals surface area contributed by atoms with E-state index in [0.717, 1.165) is 45.0 Å². The van der Waals surface area contributed by atoms with E-state index in [1.54, 1.807) is 36.0 Å². The Labute approximate surface area is 227 Å². The maximum absolute atomic E-state index is 13.7. The second kappa shape index (κ2) is 10.3. The van der Waals surface area contributed by atoms with Crippen LogP contribution in [0.1, 0.15) is 43.6 Å². The molecule has 1 unspecified atom stereocenters. The summed E-state index contributed by atoms with van der Waals surface area (Å²) >= 11 is 1.64. The predicted octanol–water partition coefficient (Wildman–Crippen LogP) is 8.16. The van der Waals surface area contributed by atoms with Crippen LogP contribution < -0.4 is 4.74 Å². The number of rotatable bonds is 5. The van der Waals surface area contributed by atoms with Gasteiger partial charge in [0.1, 0.15) is 12.4 Å². The maximum atomic E-state index is 13.7. The van der Waals surface area contributed by atoms with Crippen LogP contribution in [0.5, 0.6) is 5.75 Å². The van der Waals surface area contributed by atoms with Crippen LogP contribution in [-0.4, -0.2) is 16.1 Å². The summed E-state index contributed by atoms with van der Waals surface area (Å²) in [4.78, 5) is 16.7. The van der Waals surface area contributed by atoms with Crippen LogP contribution in [0.4, 0.5) is 8.78 Å². The van der Waals surface area contributed by atoms with Gasteiger partial charge in [0.05, 0.1) is 22.0 Å². The summed E-state index contributed by atoms with van der Waals surface area (Å²) in [6.45, 7) is 0.450. The number of ether oxygens (including phenoxy) is 1. The van der Waals surface area contributed by atoms with Crippen LogP contribution in [0.3, 0.4) is 0 Å². The lowest BCUT2D eigenvalue weighted by Gasteiger charge is -2.19. The van der Waals surface area contributed by atoms with Crippen molar-refractivity contribution >= 4 is 40.8 Å². The van der Waals surface area contributed by atoms with Crippen LogP contribution in [0.25, 0.3) is 23.1 Å². The molecule has 5 aromatic rings. The van der Waals surface area contributed by atoms with Crippen molar-refractivity contribution in [2.24, 2.45) is 0 Å². The van der Waals surface area contributed by atoms with Crippen molar-refractivity contribution in [3.63, 3.8) is 0 Å². The Bertz CT molecular complexity index is 1750. The van der Waals surface area contributed by atoms with E-state index in [1.807, 2.05) is 48.6 Å². The SMILES string of the molecule is O=C(O)c1ccc(SC2c3ccccc3COc3ccc(/C=C/c4ccc5cc(F)c(F)cc5n4)cc32)cc1. The monoisotopic (exact) mass is 537 g/mol. The van der Waals surface area contributed by atoms with Crippen molar-refractivity contribution < 1.29 is 23.4 Å². The fraction of sp³-hybridized carbons (Fsp3) is 0.0625. The number of carbonyl (C=O) groups is 1. The average molecular weight is 538 g/mol. The quantitative estimate of drug-likeness (QED) is 0.245. The summed E-state index contributed by atoms with van der Waals surface area (Å²) in [6.07, 6.45) is 3.76. The van der Waals surface area contributed by atoms with Gasteiger partial charge in [0.2, 0.25) is 0 Å². The Morgan fingerprint density at radius 3 is 2.51 bits per heavy atom. The first-order chi connectivity index (χ1) is 18.9. The molecule has 0 bridgehead atoms. The van der Waals surface area contributed by atoms with Gasteiger partial charge in [-0.3, -0.25) is 0 Å². The van der Waals surface area contributed by atoms with Gasteiger partial charge in [-0.1, -0.05) is 42.5 Å². The summed E-state index contributed by atoms with van der Waals surface area (Å²) in [6, 6.07) is 26.7. The number of hydrogen-bond acceptors (Lipinski definition) is 4. The van der Waals surface area contributed by atoms with Crippen LogP contribution in [0.2, 0.25) is 0 Å². The first kappa shape index (κ1) is 24.8. The molecule has 1 aromatic heterocycles. The van der Waals surface area contributed by atoms with Gasteiger partial charge in [0.25, 0.3) is 0 Å². The Balaban J connectivity index is 1.36. The van der Waals surface area contributed by atoms with Crippen molar-refractivity contribution in [1.82, 2.24) is 4.98 Å². The molecule has 1 atom stereocenters. The first-order valence-corrected chi connectivity index (χ1v) is 13.1. The molecular formula is C32H21F2NO3S. The molecule has 0 fully saturated rings. The molecule has 0 aliphatic carbocycles. The lowest BCUT2D eigenvalue weighted by atomic mass is 9.98. The number of nitrogens with zero attached hydrogens (tertiary/aromatic N) is 1. The van der Waals surface area contributed by atoms with Gasteiger partial charge in [0.15, 0.2) is 11.6 Å². The summed E-state index contributed by atoms with van der Waals surface area (Å²) in [5, 5.41) is 9.71. The number of hydrogen-bond donors (Lipinski definition) is 1. The topological polar surface area (TPSA) is 59.4 Å². The van der Waals surface area contributed by atoms with Gasteiger partial charge in [0, 0.05) is 21.9 Å². The maximum Gasteiger partial charge on any atom is 0.335 e. The number of aromatic carboxylic acids is 1. The largest absolute Gasteiger partial charge is 0.489 e. The summed E-state index contributed by atoms with van der Waals surface area (Å²) < 4.78 is 33.4. The molecule has 39 heavy (non-hydrogen) atoms. The number of benzene rings is 4. The molecule has 2 heterocycles. The highest BCUT2D eigenvalue weighted by Crippen LogP contribution is 2.47. The standard InChI is InChI=1S/C32H21F2NO3S/c33-27-16-21-7-11-23(35-29(21)17-28(27)34)10-5-19-6-14-30-26(15-19)31(25-4-2-1-3-22(25)18-38-30)39-24-12-8-20(9-13-24)32(36)37/h1-17,31H,18H2,(H,36,37)/b10-5+. The highest BCUT2D eigenvalue weighted by molar-refractivity contribution is 7.99. The van der Waals surface area contributed by atoms with Gasteiger partial charge in [-0.15, -0.1) is 11.8 Å². The summed E-state index contributed by atoms with van der Waals surface area (Å²) in [5.74, 6) is -2.00. The lowest BCUT2D eigenvalue weighted by molar-refractivity contribution is 0.0697. The van der Waals surface area contributed by atoms with E-state index < -0.39 is 17.6 Å². The Morgan fingerprint density at radius 1 is 0.897 bits per heavy atom. The van der Waals surface area contributed by atoms with Gasteiger partial charge >= 0.3 is 5.97 Å². The molecule has 0 spiro atoms. The molecule has 1 N–H and O–H groups in total. The Hall–Kier alpha value is -4.49. The molecular weight excluding hydrogens is 516 g/mol. The van der Waals surface area contributed by atoms with E-state index in [-0.39, 0.29) is 10.8 Å². The number of fused-ring (bicyclic) bond motifs is 3. The third-order valence-corrected chi connectivity index (χ3v) is 7.88. The Kier molecular flexibility index (Phi) is 6.59. The number of aromatic nitrogens is 1. The normalized spacial score (nSPS) is 14.5. The molecule has 7 heteroatoms. The predicted molar refractivity (Wildman–Crippen MR) is 149 cm³/mol. The second-order valence-corrected chi connectivity index (χ2v) is 10.3. The zero-order chi connectivity index (χ0) is 26.9. The number of carboxylic acids is 1. The van der Waals surface area contributed by atoms with Crippen LogP contribution in [0, 0.1) is 11.6 Å². The highest BCUT2D eigenvalue weighted by atomic mass is 32.2. The minimum absolute atomic E-state index is 0.0839. The molecule has 0 radical (unpaired) electrons. The van der Waals surface area contributed by atoms with E-state index in [9.17, 15) is 18.7 Å². The number of carboxylic acid groups (broad SMARTS) is 1. The van der Waals surface area contributed by atoms with Crippen LogP contribution >= 0.6 is 11.8 Å². The fourth-order valence-electron chi connectivity index (χ4n) is 4.60. The van der Waals surface area contributed by atoms with Gasteiger partial charge in [-0.25, -0.2) is 18.6 Å². The molecule has 4 nitrogen and oxygen atoms in total. The zero-order valence-electron chi connectivity index (χ0n) is 20.5. The molecule has 1 aliphatic heterocycles. The van der Waals surface area contributed by atoms with E-state index >= 15 is 0 Å². The molecule has 6 rings (SSSR count). The zero-order valence-corrected chi connectivity index (χ0v) is 21.3. The second-order valence-electron chi connectivity index (χ2n) is 9.14. The van der Waals surface area contributed by atoms with Crippen molar-refractivity contribution in [1.29, 1.82) is 0 Å². The van der Waals surface area contributed by atoms with Crippen molar-refractivity contribution in [2.45, 2.75) is 16.8 Å². The fourth-order valence-corrected chi connectivity index (χ4v) is 5.83. The molecule has 192 valence electrons. The van der Waals surface area contributed by atoms with Gasteiger partial charge in [-0.05, 0) is 71.3 Å². The minimum Gasteiger partial charge on any atom is -0.489 e. The van der Waals surface area contributed by atoms with Crippen molar-refractivity contribution in [3.8, 4) is 5.75 Å². The molecule has 0 saturated heterocycles. The average Bonchev–Trinajstić information content (AvgIpc) is 3.09. The van der Waals surface area contributed by atoms with E-state index in [0.29, 0.717) is 23.2 Å². The van der Waals surface area contributed by atoms with Crippen molar-refractivity contribution in [2.75, 3.05) is 0 Å². The highest BCUT2D eigenvalue weighted by Gasteiger charge is 2.26. The summed E-state index contributed by atoms with van der Waals surface area (Å²) in [5.41, 5.74) is 5.40.